The lowest BCUT2D eigenvalue weighted by molar-refractivity contribution is 0.263. The first-order valence-electron chi connectivity index (χ1n) is 6.71. The largest absolute Gasteiger partial charge is 0.384 e. The number of rotatable bonds is 4. The maximum atomic E-state index is 12.6. The van der Waals surface area contributed by atoms with Crippen LogP contribution in [0.25, 0.3) is 0 Å². The predicted molar refractivity (Wildman–Crippen MR) is 77.6 cm³/mol. The predicted octanol–water partition coefficient (Wildman–Crippen LogP) is 1.45. The van der Waals surface area contributed by atoms with Gasteiger partial charge in [0.25, 0.3) is 0 Å². The number of nitrogens with zero attached hydrogens (tertiary/aromatic N) is 1. The van der Waals surface area contributed by atoms with Gasteiger partial charge in [0.1, 0.15) is 6.61 Å². The molecule has 20 heavy (non-hydrogen) atoms. The van der Waals surface area contributed by atoms with Crippen molar-refractivity contribution in [3.8, 4) is 11.8 Å². The summed E-state index contributed by atoms with van der Waals surface area (Å²) in [6, 6.07) is 6.65. The van der Waals surface area contributed by atoms with E-state index in [0.29, 0.717) is 18.0 Å². The molecule has 0 bridgehead atoms. The van der Waals surface area contributed by atoms with E-state index in [0.717, 1.165) is 12.8 Å². The maximum Gasteiger partial charge on any atom is 0.244 e. The standard InChI is InChI=1S/C15H19NO3S/c1-16(12-13-6-4-7-13)20(18,19)15-10-3-2-8-14(15)9-5-11-17/h2-3,8,10,13,17H,4,6-7,11-12H2,1H3. The Morgan fingerprint density at radius 2 is 2.05 bits per heavy atom. The van der Waals surface area contributed by atoms with Crippen LogP contribution in [0.3, 0.4) is 0 Å². The van der Waals surface area contributed by atoms with Gasteiger partial charge in [0, 0.05) is 19.2 Å². The van der Waals surface area contributed by atoms with Crippen LogP contribution in [0, 0.1) is 17.8 Å². The van der Waals surface area contributed by atoms with Crippen molar-refractivity contribution in [2.45, 2.75) is 24.2 Å². The van der Waals surface area contributed by atoms with E-state index in [9.17, 15) is 8.42 Å². The molecule has 0 aromatic heterocycles. The van der Waals surface area contributed by atoms with Crippen molar-refractivity contribution >= 4 is 10.0 Å². The first-order chi connectivity index (χ1) is 9.55. The molecule has 2 rings (SSSR count). The smallest absolute Gasteiger partial charge is 0.244 e. The molecule has 5 heteroatoms. The minimum absolute atomic E-state index is 0.211. The van der Waals surface area contributed by atoms with E-state index in [1.165, 1.54) is 10.7 Å². The lowest BCUT2D eigenvalue weighted by atomic mass is 9.86. The Bertz CT molecular complexity index is 624. The second-order valence-electron chi connectivity index (χ2n) is 5.04. The molecule has 0 spiro atoms. The van der Waals surface area contributed by atoms with Gasteiger partial charge in [-0.15, -0.1) is 0 Å². The highest BCUT2D eigenvalue weighted by atomic mass is 32.2. The molecule has 0 unspecified atom stereocenters. The van der Waals surface area contributed by atoms with Crippen LogP contribution in [0.1, 0.15) is 24.8 Å². The molecule has 4 nitrogen and oxygen atoms in total. The van der Waals surface area contributed by atoms with E-state index in [4.69, 9.17) is 5.11 Å². The fourth-order valence-corrected chi connectivity index (χ4v) is 3.62. The van der Waals surface area contributed by atoms with E-state index >= 15 is 0 Å². The van der Waals surface area contributed by atoms with Crippen molar-refractivity contribution in [2.75, 3.05) is 20.2 Å². The summed E-state index contributed by atoms with van der Waals surface area (Å²) in [7, 11) is -1.91. The van der Waals surface area contributed by atoms with Crippen LogP contribution in [-0.2, 0) is 10.0 Å². The number of hydrogen-bond acceptors (Lipinski definition) is 3. The molecule has 1 saturated carbocycles. The summed E-state index contributed by atoms with van der Waals surface area (Å²) in [4.78, 5) is 0.211. The van der Waals surface area contributed by atoms with Gasteiger partial charge in [-0.25, -0.2) is 12.7 Å². The van der Waals surface area contributed by atoms with Crippen LogP contribution in [-0.4, -0.2) is 38.0 Å². The lowest BCUT2D eigenvalue weighted by Crippen LogP contribution is -2.34. The van der Waals surface area contributed by atoms with Gasteiger partial charge in [-0.05, 0) is 30.9 Å². The molecule has 1 aliphatic rings. The molecule has 1 fully saturated rings. The highest BCUT2D eigenvalue weighted by molar-refractivity contribution is 7.89. The molecule has 0 aliphatic heterocycles. The monoisotopic (exact) mass is 293 g/mol. The molecule has 0 atom stereocenters. The van der Waals surface area contributed by atoms with E-state index in [2.05, 4.69) is 11.8 Å². The van der Waals surface area contributed by atoms with Crippen LogP contribution < -0.4 is 0 Å². The Hall–Kier alpha value is -1.35. The molecule has 1 N–H and O–H groups in total. The van der Waals surface area contributed by atoms with Gasteiger partial charge in [0.15, 0.2) is 0 Å². The minimum Gasteiger partial charge on any atom is -0.384 e. The molecule has 1 aliphatic carbocycles. The third-order valence-corrected chi connectivity index (χ3v) is 5.50. The zero-order valence-electron chi connectivity index (χ0n) is 11.5. The third kappa shape index (κ3) is 3.21. The van der Waals surface area contributed by atoms with E-state index in [-0.39, 0.29) is 11.5 Å². The minimum atomic E-state index is -3.52. The first-order valence-corrected chi connectivity index (χ1v) is 8.15. The number of aliphatic hydroxyl groups is 1. The van der Waals surface area contributed by atoms with Gasteiger partial charge in [-0.1, -0.05) is 30.4 Å². The molecule has 0 saturated heterocycles. The zero-order valence-corrected chi connectivity index (χ0v) is 12.4. The number of sulfonamides is 1. The normalized spacial score (nSPS) is 15.6. The number of benzene rings is 1. The average molecular weight is 293 g/mol. The van der Waals surface area contributed by atoms with Gasteiger partial charge < -0.3 is 5.11 Å². The Morgan fingerprint density at radius 3 is 2.65 bits per heavy atom. The van der Waals surface area contributed by atoms with Crippen molar-refractivity contribution in [1.82, 2.24) is 4.31 Å². The van der Waals surface area contributed by atoms with E-state index in [1.807, 2.05) is 0 Å². The molecule has 1 aromatic carbocycles. The van der Waals surface area contributed by atoms with Crippen molar-refractivity contribution in [2.24, 2.45) is 5.92 Å². The molecule has 108 valence electrons. The average Bonchev–Trinajstić information content (AvgIpc) is 2.40. The van der Waals surface area contributed by atoms with Crippen molar-refractivity contribution in [3.05, 3.63) is 29.8 Å². The Labute approximate surface area is 120 Å². The van der Waals surface area contributed by atoms with Gasteiger partial charge in [-0.3, -0.25) is 0 Å². The van der Waals surface area contributed by atoms with E-state index in [1.54, 1.807) is 31.3 Å². The summed E-state index contributed by atoms with van der Waals surface area (Å²) in [5.74, 6) is 5.68. The van der Waals surface area contributed by atoms with Crippen LogP contribution >= 0.6 is 0 Å². The third-order valence-electron chi connectivity index (χ3n) is 3.62. The van der Waals surface area contributed by atoms with Crippen LogP contribution in [0.5, 0.6) is 0 Å². The molecule has 0 amide bonds. The number of hydrogen-bond donors (Lipinski definition) is 1. The Balaban J connectivity index is 2.28. The van der Waals surface area contributed by atoms with Gasteiger partial charge in [0.2, 0.25) is 10.0 Å². The van der Waals surface area contributed by atoms with Crippen LogP contribution in [0.2, 0.25) is 0 Å². The molecular formula is C15H19NO3S. The summed E-state index contributed by atoms with van der Waals surface area (Å²) in [6.45, 7) is 0.274. The van der Waals surface area contributed by atoms with Gasteiger partial charge in [0.05, 0.1) is 4.90 Å². The summed E-state index contributed by atoms with van der Waals surface area (Å²) in [5, 5.41) is 8.76. The highest BCUT2D eigenvalue weighted by Gasteiger charge is 2.27. The summed E-state index contributed by atoms with van der Waals surface area (Å²) >= 11 is 0. The Morgan fingerprint density at radius 1 is 1.35 bits per heavy atom. The topological polar surface area (TPSA) is 57.6 Å². The molecule has 0 radical (unpaired) electrons. The Kier molecular flexibility index (Phi) is 4.81. The fraction of sp³-hybridized carbons (Fsp3) is 0.467. The fourth-order valence-electron chi connectivity index (χ4n) is 2.23. The first kappa shape index (κ1) is 15.0. The SMILES string of the molecule is CN(CC1CCC1)S(=O)(=O)c1ccccc1C#CCO. The maximum absolute atomic E-state index is 12.6. The molecule has 0 heterocycles. The summed E-state index contributed by atoms with van der Waals surface area (Å²) in [5.41, 5.74) is 0.432. The molecule has 1 aromatic rings. The van der Waals surface area contributed by atoms with Gasteiger partial charge >= 0.3 is 0 Å². The summed E-state index contributed by atoms with van der Waals surface area (Å²) in [6.07, 6.45) is 3.40. The second kappa shape index (κ2) is 6.40. The van der Waals surface area contributed by atoms with Crippen molar-refractivity contribution in [3.63, 3.8) is 0 Å². The quantitative estimate of drug-likeness (QED) is 0.855. The van der Waals surface area contributed by atoms with Crippen molar-refractivity contribution in [1.29, 1.82) is 0 Å². The number of aliphatic hydroxyl groups excluding tert-OH is 1. The van der Waals surface area contributed by atoms with Crippen LogP contribution in [0.15, 0.2) is 29.2 Å². The second-order valence-corrected chi connectivity index (χ2v) is 7.05. The van der Waals surface area contributed by atoms with Crippen molar-refractivity contribution < 1.29 is 13.5 Å². The molecular weight excluding hydrogens is 274 g/mol. The van der Waals surface area contributed by atoms with Crippen LogP contribution in [0.4, 0.5) is 0 Å². The highest BCUT2D eigenvalue weighted by Crippen LogP contribution is 2.29. The van der Waals surface area contributed by atoms with E-state index < -0.39 is 10.0 Å². The summed E-state index contributed by atoms with van der Waals surface area (Å²) < 4.78 is 26.6. The van der Waals surface area contributed by atoms with Gasteiger partial charge in [-0.2, -0.15) is 0 Å². The lowest BCUT2D eigenvalue weighted by Gasteiger charge is -2.29. The zero-order chi connectivity index (χ0) is 14.6.